The van der Waals surface area contributed by atoms with Gasteiger partial charge in [-0.15, -0.1) is 0 Å². The molecule has 2 rings (SSSR count). The minimum Gasteiger partial charge on any atom is -0.503 e. The number of Topliss-reactive ketones (excluding diaryl/α,β-unsaturated/α-hetero) is 1. The van der Waals surface area contributed by atoms with Gasteiger partial charge in [0.25, 0.3) is 5.91 Å². The molecule has 0 radical (unpaired) electrons. The second-order valence-electron chi connectivity index (χ2n) is 5.60. The van der Waals surface area contributed by atoms with Crippen molar-refractivity contribution in [1.82, 2.24) is 10.2 Å². The summed E-state index contributed by atoms with van der Waals surface area (Å²) in [7, 11) is 0. The van der Waals surface area contributed by atoms with Gasteiger partial charge in [0.05, 0.1) is 18.2 Å². The summed E-state index contributed by atoms with van der Waals surface area (Å²) < 4.78 is 0. The van der Waals surface area contributed by atoms with Crippen molar-refractivity contribution in [3.63, 3.8) is 0 Å². The Balaban J connectivity index is 2.31. The minimum absolute atomic E-state index is 0.0114. The van der Waals surface area contributed by atoms with Crippen LogP contribution >= 0.6 is 0 Å². The second-order valence-corrected chi connectivity index (χ2v) is 5.60. The number of benzene rings is 1. The van der Waals surface area contributed by atoms with Crippen molar-refractivity contribution in [3.8, 4) is 0 Å². The molecule has 0 spiro atoms. The topological polar surface area (TPSA) is 89.9 Å². The van der Waals surface area contributed by atoms with Gasteiger partial charge >= 0.3 is 0 Å². The minimum atomic E-state index is -0.573. The van der Waals surface area contributed by atoms with Crippen LogP contribution in [0.3, 0.4) is 0 Å². The summed E-state index contributed by atoms with van der Waals surface area (Å²) in [6, 6.07) is 6.98. The molecule has 0 saturated heterocycles. The molecule has 23 heavy (non-hydrogen) atoms. The Bertz CT molecular complexity index is 622. The first kappa shape index (κ1) is 17.2. The van der Waals surface area contributed by atoms with Crippen LogP contribution in [-0.4, -0.2) is 53.0 Å². The molecule has 3 N–H and O–H groups in total. The Kier molecular flexibility index (Phi) is 5.52. The fraction of sp³-hybridized carbons (Fsp3) is 0.412. The molecule has 1 amide bonds. The molecule has 0 fully saturated rings. The Morgan fingerprint density at radius 1 is 1.26 bits per heavy atom. The van der Waals surface area contributed by atoms with Crippen molar-refractivity contribution in [2.75, 3.05) is 26.2 Å². The largest absolute Gasteiger partial charge is 0.503 e. The molecule has 1 heterocycles. The van der Waals surface area contributed by atoms with Crippen LogP contribution in [0.25, 0.3) is 0 Å². The molecule has 1 aliphatic rings. The van der Waals surface area contributed by atoms with E-state index in [2.05, 4.69) is 5.32 Å². The summed E-state index contributed by atoms with van der Waals surface area (Å²) in [6.45, 7) is 4.55. The number of hydrogen-bond donors (Lipinski definition) is 3. The summed E-state index contributed by atoms with van der Waals surface area (Å²) in [5.41, 5.74) is 2.01. The van der Waals surface area contributed by atoms with Crippen LogP contribution in [0.2, 0.25) is 0 Å². The first-order valence-electron chi connectivity index (χ1n) is 7.60. The van der Waals surface area contributed by atoms with Crippen LogP contribution in [-0.2, 0) is 9.59 Å². The number of nitrogens with one attached hydrogen (secondary N) is 1. The fourth-order valence-electron chi connectivity index (χ4n) is 2.74. The number of rotatable bonds is 7. The Labute approximate surface area is 135 Å². The lowest BCUT2D eigenvalue weighted by atomic mass is 9.96. The highest BCUT2D eigenvalue weighted by atomic mass is 16.3. The van der Waals surface area contributed by atoms with Crippen LogP contribution in [0.5, 0.6) is 0 Å². The maximum atomic E-state index is 12.3. The molecule has 1 aromatic carbocycles. The Hall–Kier alpha value is -2.18. The van der Waals surface area contributed by atoms with E-state index in [1.165, 1.54) is 11.8 Å². The SMILES string of the molecule is CC(=O)C1=C(O)C(=O)N(CCNCCO)[C@@H]1c1ccc(C)cc1. The Morgan fingerprint density at radius 2 is 1.91 bits per heavy atom. The number of nitrogens with zero attached hydrogens (tertiary/aromatic N) is 1. The number of amides is 1. The first-order chi connectivity index (χ1) is 11.0. The number of ketones is 1. The Morgan fingerprint density at radius 3 is 2.48 bits per heavy atom. The van der Waals surface area contributed by atoms with Crippen molar-refractivity contribution in [1.29, 1.82) is 0 Å². The van der Waals surface area contributed by atoms with E-state index in [9.17, 15) is 14.7 Å². The number of aliphatic hydroxyl groups excluding tert-OH is 2. The van der Waals surface area contributed by atoms with Crippen LogP contribution in [0, 0.1) is 6.92 Å². The van der Waals surface area contributed by atoms with E-state index in [0.29, 0.717) is 19.6 Å². The molecule has 6 nitrogen and oxygen atoms in total. The molecular weight excluding hydrogens is 296 g/mol. The van der Waals surface area contributed by atoms with Gasteiger partial charge in [-0.3, -0.25) is 9.59 Å². The number of aliphatic hydroxyl groups is 2. The van der Waals surface area contributed by atoms with E-state index in [1.807, 2.05) is 31.2 Å². The van der Waals surface area contributed by atoms with Crippen molar-refractivity contribution in [3.05, 3.63) is 46.7 Å². The molecule has 0 unspecified atom stereocenters. The normalized spacial score (nSPS) is 18.0. The molecule has 0 saturated carbocycles. The van der Waals surface area contributed by atoms with Crippen molar-refractivity contribution in [2.45, 2.75) is 19.9 Å². The molecule has 124 valence electrons. The lowest BCUT2D eigenvalue weighted by Gasteiger charge is -2.26. The van der Waals surface area contributed by atoms with Gasteiger partial charge < -0.3 is 20.4 Å². The highest BCUT2D eigenvalue weighted by Crippen LogP contribution is 2.37. The first-order valence-corrected chi connectivity index (χ1v) is 7.60. The number of carbonyl (C=O) groups excluding carboxylic acids is 2. The van der Waals surface area contributed by atoms with Gasteiger partial charge in [0, 0.05) is 19.6 Å². The van der Waals surface area contributed by atoms with Crippen molar-refractivity contribution < 1.29 is 19.8 Å². The summed E-state index contributed by atoms with van der Waals surface area (Å²) >= 11 is 0. The third-order valence-corrected chi connectivity index (χ3v) is 3.89. The van der Waals surface area contributed by atoms with Gasteiger partial charge in [-0.25, -0.2) is 0 Å². The molecule has 1 atom stereocenters. The monoisotopic (exact) mass is 318 g/mol. The van der Waals surface area contributed by atoms with Gasteiger partial charge in [-0.05, 0) is 19.4 Å². The van der Waals surface area contributed by atoms with Gasteiger partial charge in [-0.2, -0.15) is 0 Å². The molecule has 0 aromatic heterocycles. The smallest absolute Gasteiger partial charge is 0.290 e. The predicted octanol–water partition coefficient (Wildman–Crippen LogP) is 0.861. The fourth-order valence-corrected chi connectivity index (χ4v) is 2.74. The zero-order chi connectivity index (χ0) is 17.0. The lowest BCUT2D eigenvalue weighted by molar-refractivity contribution is -0.129. The predicted molar refractivity (Wildman–Crippen MR) is 85.9 cm³/mol. The number of hydrogen-bond acceptors (Lipinski definition) is 5. The van der Waals surface area contributed by atoms with Gasteiger partial charge in [0.1, 0.15) is 0 Å². The second kappa shape index (κ2) is 7.39. The zero-order valence-electron chi connectivity index (χ0n) is 13.4. The maximum absolute atomic E-state index is 12.3. The summed E-state index contributed by atoms with van der Waals surface area (Å²) in [5, 5.41) is 21.9. The molecule has 0 bridgehead atoms. The van der Waals surface area contributed by atoms with Crippen LogP contribution in [0.15, 0.2) is 35.6 Å². The quantitative estimate of drug-likeness (QED) is 0.649. The van der Waals surface area contributed by atoms with Crippen LogP contribution < -0.4 is 5.32 Å². The standard InChI is InChI=1S/C17H22N2O4/c1-11-3-5-13(6-4-11)15-14(12(2)21)16(22)17(23)19(15)9-7-18-8-10-20/h3-6,15,18,20,22H,7-10H2,1-2H3/t15-/m1/s1. The van der Waals surface area contributed by atoms with Crippen molar-refractivity contribution >= 4 is 11.7 Å². The molecule has 0 aliphatic carbocycles. The van der Waals surface area contributed by atoms with Gasteiger partial charge in [-0.1, -0.05) is 29.8 Å². The van der Waals surface area contributed by atoms with E-state index in [-0.39, 0.29) is 18.0 Å². The van der Waals surface area contributed by atoms with E-state index < -0.39 is 17.7 Å². The number of carbonyl (C=O) groups is 2. The van der Waals surface area contributed by atoms with Crippen molar-refractivity contribution in [2.24, 2.45) is 0 Å². The average molecular weight is 318 g/mol. The van der Waals surface area contributed by atoms with Gasteiger partial charge in [0.2, 0.25) is 0 Å². The molecule has 1 aromatic rings. The van der Waals surface area contributed by atoms with E-state index in [1.54, 1.807) is 0 Å². The van der Waals surface area contributed by atoms with E-state index >= 15 is 0 Å². The molecule has 6 heteroatoms. The molecule has 1 aliphatic heterocycles. The summed E-state index contributed by atoms with van der Waals surface area (Å²) in [5.74, 6) is -1.32. The van der Waals surface area contributed by atoms with Crippen LogP contribution in [0.1, 0.15) is 24.1 Å². The average Bonchev–Trinajstić information content (AvgIpc) is 2.77. The number of aryl methyl sites for hydroxylation is 1. The van der Waals surface area contributed by atoms with E-state index in [4.69, 9.17) is 5.11 Å². The summed E-state index contributed by atoms with van der Waals surface area (Å²) in [4.78, 5) is 25.7. The highest BCUT2D eigenvalue weighted by molar-refractivity contribution is 6.08. The molecular formula is C17H22N2O4. The summed E-state index contributed by atoms with van der Waals surface area (Å²) in [6.07, 6.45) is 0. The lowest BCUT2D eigenvalue weighted by Crippen LogP contribution is -2.37. The zero-order valence-corrected chi connectivity index (χ0v) is 13.4. The van der Waals surface area contributed by atoms with Crippen LogP contribution in [0.4, 0.5) is 0 Å². The third kappa shape index (κ3) is 3.60. The maximum Gasteiger partial charge on any atom is 0.290 e. The van der Waals surface area contributed by atoms with E-state index in [0.717, 1.165) is 11.1 Å². The third-order valence-electron chi connectivity index (χ3n) is 3.89. The van der Waals surface area contributed by atoms with Gasteiger partial charge in [0.15, 0.2) is 11.5 Å². The highest BCUT2D eigenvalue weighted by Gasteiger charge is 2.41.